The van der Waals surface area contributed by atoms with E-state index in [0.717, 1.165) is 28.1 Å². The van der Waals surface area contributed by atoms with Gasteiger partial charge in [0.2, 0.25) is 0 Å². The lowest BCUT2D eigenvalue weighted by molar-refractivity contribution is 0.0954. The first-order chi connectivity index (χ1) is 13.6. The summed E-state index contributed by atoms with van der Waals surface area (Å²) in [6.45, 7) is 3.94. The molecule has 3 aromatic carbocycles. The van der Waals surface area contributed by atoms with Crippen molar-refractivity contribution in [3.8, 4) is 0 Å². The Kier molecular flexibility index (Phi) is 5.17. The van der Waals surface area contributed by atoms with Crippen molar-refractivity contribution in [1.29, 1.82) is 0 Å². The lowest BCUT2D eigenvalue weighted by Gasteiger charge is -2.21. The summed E-state index contributed by atoms with van der Waals surface area (Å²) >= 11 is 1.77. The van der Waals surface area contributed by atoms with Crippen molar-refractivity contribution in [2.75, 3.05) is 5.32 Å². The Morgan fingerprint density at radius 2 is 1.86 bits per heavy atom. The van der Waals surface area contributed by atoms with Gasteiger partial charge >= 0.3 is 0 Å². The number of fused-ring (bicyclic) bond motifs is 2. The number of nitrogens with zero attached hydrogens (tertiary/aromatic N) is 1. The summed E-state index contributed by atoms with van der Waals surface area (Å²) in [4.78, 5) is 14.7. The van der Waals surface area contributed by atoms with E-state index in [9.17, 15) is 4.79 Å². The van der Waals surface area contributed by atoms with Crippen molar-refractivity contribution in [1.82, 2.24) is 5.43 Å². The standard InChI is InChI=1S/C23H21N3OS/c1-15-7-9-18(16(2)13-15)23(27)26-24-12-11-17-8-10-22-20(14-17)25-19-5-3-4-6-21(19)28-22/h3-10,12-14,25H,11H2,1-2H3,(H,26,27). The Hall–Kier alpha value is -3.05. The predicted molar refractivity (Wildman–Crippen MR) is 116 cm³/mol. The molecule has 0 atom stereocenters. The number of rotatable bonds is 4. The second-order valence-corrected chi connectivity index (χ2v) is 7.91. The van der Waals surface area contributed by atoms with Gasteiger partial charge in [0.15, 0.2) is 0 Å². The monoisotopic (exact) mass is 387 g/mol. The number of anilines is 2. The van der Waals surface area contributed by atoms with E-state index in [0.29, 0.717) is 12.0 Å². The minimum absolute atomic E-state index is 0.186. The van der Waals surface area contributed by atoms with Crippen LogP contribution < -0.4 is 10.7 Å². The number of benzene rings is 3. The molecule has 1 heterocycles. The molecule has 4 nitrogen and oxygen atoms in total. The summed E-state index contributed by atoms with van der Waals surface area (Å²) in [6.07, 6.45) is 2.38. The van der Waals surface area contributed by atoms with E-state index in [2.05, 4.69) is 52.2 Å². The van der Waals surface area contributed by atoms with Gasteiger partial charge in [0.1, 0.15) is 0 Å². The first-order valence-corrected chi connectivity index (χ1v) is 9.98. The normalized spacial score (nSPS) is 12.2. The third-order valence-electron chi connectivity index (χ3n) is 4.63. The lowest BCUT2D eigenvalue weighted by atomic mass is 10.1. The van der Waals surface area contributed by atoms with Gasteiger partial charge in [-0.05, 0) is 55.3 Å². The molecule has 4 rings (SSSR count). The minimum Gasteiger partial charge on any atom is -0.354 e. The number of carbonyl (C=O) groups is 1. The molecule has 0 saturated carbocycles. The fourth-order valence-corrected chi connectivity index (χ4v) is 4.17. The second kappa shape index (κ2) is 7.90. The highest BCUT2D eigenvalue weighted by Crippen LogP contribution is 2.44. The summed E-state index contributed by atoms with van der Waals surface area (Å²) in [5, 5.41) is 7.59. The number of para-hydroxylation sites is 1. The Morgan fingerprint density at radius 3 is 2.71 bits per heavy atom. The third kappa shape index (κ3) is 3.94. The summed E-state index contributed by atoms with van der Waals surface area (Å²) < 4.78 is 0. The third-order valence-corrected chi connectivity index (χ3v) is 5.78. The zero-order chi connectivity index (χ0) is 19.5. The van der Waals surface area contributed by atoms with Gasteiger partial charge in [-0.15, -0.1) is 0 Å². The lowest BCUT2D eigenvalue weighted by Crippen LogP contribution is -2.18. The Labute approximate surface area is 169 Å². The van der Waals surface area contributed by atoms with Gasteiger partial charge in [0.25, 0.3) is 5.91 Å². The fraction of sp³-hybridized carbons (Fsp3) is 0.130. The molecule has 1 amide bonds. The van der Waals surface area contributed by atoms with Gasteiger partial charge < -0.3 is 5.32 Å². The van der Waals surface area contributed by atoms with E-state index in [4.69, 9.17) is 0 Å². The maximum absolute atomic E-state index is 12.3. The maximum Gasteiger partial charge on any atom is 0.271 e. The van der Waals surface area contributed by atoms with Crippen LogP contribution in [0.4, 0.5) is 11.4 Å². The molecule has 0 radical (unpaired) electrons. The molecule has 2 N–H and O–H groups in total. The number of amides is 1. The SMILES string of the molecule is Cc1ccc(C(=O)NN=CCc2ccc3c(c2)Nc2ccccc2S3)c(C)c1. The van der Waals surface area contributed by atoms with Crippen LogP contribution in [0.15, 0.2) is 75.6 Å². The van der Waals surface area contributed by atoms with Gasteiger partial charge in [-0.1, -0.05) is 47.7 Å². The first-order valence-electron chi connectivity index (χ1n) is 9.16. The molecular formula is C23H21N3OS. The molecule has 3 aromatic rings. The number of nitrogens with one attached hydrogen (secondary N) is 2. The molecule has 0 unspecified atom stereocenters. The highest BCUT2D eigenvalue weighted by atomic mass is 32.2. The molecule has 0 aliphatic carbocycles. The van der Waals surface area contributed by atoms with E-state index >= 15 is 0 Å². The van der Waals surface area contributed by atoms with Crippen LogP contribution in [0.1, 0.15) is 27.0 Å². The van der Waals surface area contributed by atoms with Crippen molar-refractivity contribution in [3.05, 3.63) is 82.9 Å². The number of carbonyl (C=O) groups excluding carboxylic acids is 1. The van der Waals surface area contributed by atoms with E-state index in [1.807, 2.05) is 38.1 Å². The number of hydrazone groups is 1. The van der Waals surface area contributed by atoms with Gasteiger partial charge in [-0.2, -0.15) is 5.10 Å². The van der Waals surface area contributed by atoms with Crippen LogP contribution in [0.5, 0.6) is 0 Å². The van der Waals surface area contributed by atoms with Crippen LogP contribution in [-0.2, 0) is 6.42 Å². The van der Waals surface area contributed by atoms with Crippen molar-refractivity contribution in [3.63, 3.8) is 0 Å². The Bertz CT molecular complexity index is 1080. The first kappa shape index (κ1) is 18.3. The second-order valence-electron chi connectivity index (χ2n) is 6.83. The Morgan fingerprint density at radius 1 is 1.04 bits per heavy atom. The van der Waals surface area contributed by atoms with Gasteiger partial charge in [0.05, 0.1) is 11.4 Å². The minimum atomic E-state index is -0.186. The molecule has 5 heteroatoms. The van der Waals surface area contributed by atoms with Crippen molar-refractivity contribution in [2.24, 2.45) is 5.10 Å². The highest BCUT2D eigenvalue weighted by Gasteiger charge is 2.15. The van der Waals surface area contributed by atoms with Crippen molar-refractivity contribution in [2.45, 2.75) is 30.1 Å². The maximum atomic E-state index is 12.3. The van der Waals surface area contributed by atoms with E-state index < -0.39 is 0 Å². The topological polar surface area (TPSA) is 53.5 Å². The van der Waals surface area contributed by atoms with Crippen LogP contribution >= 0.6 is 11.8 Å². The molecule has 0 saturated heterocycles. The van der Waals surface area contributed by atoms with Crippen LogP contribution in [0.25, 0.3) is 0 Å². The molecule has 0 fully saturated rings. The van der Waals surface area contributed by atoms with Gasteiger partial charge in [-0.3, -0.25) is 4.79 Å². The summed E-state index contributed by atoms with van der Waals surface area (Å²) in [5.74, 6) is -0.186. The zero-order valence-electron chi connectivity index (χ0n) is 15.8. The van der Waals surface area contributed by atoms with Crippen LogP contribution in [0.2, 0.25) is 0 Å². The zero-order valence-corrected chi connectivity index (χ0v) is 16.6. The van der Waals surface area contributed by atoms with Crippen LogP contribution in [0.3, 0.4) is 0 Å². The number of hydrogen-bond acceptors (Lipinski definition) is 4. The quantitative estimate of drug-likeness (QED) is 0.361. The molecule has 0 aromatic heterocycles. The highest BCUT2D eigenvalue weighted by molar-refractivity contribution is 7.99. The fourth-order valence-electron chi connectivity index (χ4n) is 3.20. The summed E-state index contributed by atoms with van der Waals surface area (Å²) in [6, 6.07) is 20.4. The van der Waals surface area contributed by atoms with E-state index in [-0.39, 0.29) is 5.91 Å². The van der Waals surface area contributed by atoms with Crippen molar-refractivity contribution >= 4 is 35.3 Å². The average molecular weight is 388 g/mol. The molecular weight excluding hydrogens is 366 g/mol. The van der Waals surface area contributed by atoms with E-state index in [1.165, 1.54) is 9.79 Å². The molecule has 140 valence electrons. The Balaban J connectivity index is 1.38. The van der Waals surface area contributed by atoms with Crippen LogP contribution in [-0.4, -0.2) is 12.1 Å². The van der Waals surface area contributed by atoms with Gasteiger partial charge in [0, 0.05) is 28.0 Å². The smallest absolute Gasteiger partial charge is 0.271 e. The van der Waals surface area contributed by atoms with Gasteiger partial charge in [-0.25, -0.2) is 5.43 Å². The largest absolute Gasteiger partial charge is 0.354 e. The summed E-state index contributed by atoms with van der Waals surface area (Å²) in [7, 11) is 0. The molecule has 1 aliphatic rings. The number of hydrogen-bond donors (Lipinski definition) is 2. The molecule has 0 spiro atoms. The molecule has 0 bridgehead atoms. The van der Waals surface area contributed by atoms with E-state index in [1.54, 1.807) is 18.0 Å². The predicted octanol–water partition coefficient (Wildman–Crippen LogP) is 5.47. The van der Waals surface area contributed by atoms with Crippen molar-refractivity contribution < 1.29 is 4.79 Å². The van der Waals surface area contributed by atoms with Crippen LogP contribution in [0, 0.1) is 13.8 Å². The number of aryl methyl sites for hydroxylation is 2. The summed E-state index contributed by atoms with van der Waals surface area (Å²) in [5.41, 5.74) is 8.73. The average Bonchev–Trinajstić information content (AvgIpc) is 2.69. The molecule has 1 aliphatic heterocycles. The molecule has 28 heavy (non-hydrogen) atoms.